The molecule has 3 heteroatoms. The molecule has 1 saturated carbocycles. The molecule has 0 amide bonds. The second-order valence-electron chi connectivity index (χ2n) is 4.37. The van der Waals surface area contributed by atoms with E-state index in [1.54, 1.807) is 0 Å². The molecular formula is C11H15BrN2. The van der Waals surface area contributed by atoms with Crippen molar-refractivity contribution in [1.29, 1.82) is 0 Å². The van der Waals surface area contributed by atoms with Crippen LogP contribution in [0.15, 0.2) is 22.9 Å². The highest BCUT2D eigenvalue weighted by Crippen LogP contribution is 2.40. The fraction of sp³-hybridized carbons (Fsp3) is 0.545. The minimum atomic E-state index is 0.517. The third-order valence-corrected chi connectivity index (χ3v) is 3.67. The Morgan fingerprint density at radius 2 is 2.36 bits per heavy atom. The summed E-state index contributed by atoms with van der Waals surface area (Å²) in [5, 5.41) is 3.47. The zero-order valence-corrected chi connectivity index (χ0v) is 9.97. The van der Waals surface area contributed by atoms with Crippen LogP contribution in [0.5, 0.6) is 0 Å². The highest BCUT2D eigenvalue weighted by Gasteiger charge is 2.31. The smallest absolute Gasteiger partial charge is 0.0590 e. The van der Waals surface area contributed by atoms with Crippen molar-refractivity contribution < 1.29 is 0 Å². The third-order valence-electron chi connectivity index (χ3n) is 3.04. The van der Waals surface area contributed by atoms with Gasteiger partial charge in [-0.15, -0.1) is 0 Å². The Balaban J connectivity index is 1.95. The van der Waals surface area contributed by atoms with Crippen molar-refractivity contribution in [3.05, 3.63) is 22.9 Å². The van der Waals surface area contributed by atoms with E-state index in [0.717, 1.165) is 16.7 Å². The molecule has 0 unspecified atom stereocenters. The number of pyridine rings is 1. The Bertz CT molecular complexity index is 321. The number of nitrogens with one attached hydrogen (secondary N) is 1. The van der Waals surface area contributed by atoms with Gasteiger partial charge in [0.05, 0.1) is 10.2 Å². The second kappa shape index (κ2) is 3.89. The van der Waals surface area contributed by atoms with E-state index >= 15 is 0 Å². The van der Waals surface area contributed by atoms with E-state index in [4.69, 9.17) is 0 Å². The Hall–Kier alpha value is -0.570. The maximum Gasteiger partial charge on any atom is 0.0590 e. The molecule has 0 aromatic carbocycles. The Morgan fingerprint density at radius 3 is 2.93 bits per heavy atom. The summed E-state index contributed by atoms with van der Waals surface area (Å²) in [6.07, 6.45) is 7.72. The summed E-state index contributed by atoms with van der Waals surface area (Å²) in [5.41, 5.74) is 1.66. The van der Waals surface area contributed by atoms with Crippen LogP contribution in [-0.4, -0.2) is 11.5 Å². The molecule has 0 saturated heterocycles. The van der Waals surface area contributed by atoms with Gasteiger partial charge in [0.25, 0.3) is 0 Å². The highest BCUT2D eigenvalue weighted by molar-refractivity contribution is 9.10. The molecule has 1 N–H and O–H groups in total. The molecular weight excluding hydrogens is 240 g/mol. The number of anilines is 1. The van der Waals surface area contributed by atoms with Crippen molar-refractivity contribution in [2.24, 2.45) is 5.41 Å². The first-order valence-electron chi connectivity index (χ1n) is 5.03. The number of halogens is 1. The monoisotopic (exact) mass is 254 g/mol. The van der Waals surface area contributed by atoms with E-state index in [-0.39, 0.29) is 0 Å². The average molecular weight is 255 g/mol. The van der Waals surface area contributed by atoms with Crippen molar-refractivity contribution in [3.63, 3.8) is 0 Å². The lowest BCUT2D eigenvalue weighted by molar-refractivity contribution is 0.180. The normalized spacial score (nSPS) is 18.7. The highest BCUT2D eigenvalue weighted by atomic mass is 79.9. The van der Waals surface area contributed by atoms with Gasteiger partial charge in [-0.1, -0.05) is 13.3 Å². The second-order valence-corrected chi connectivity index (χ2v) is 5.23. The molecule has 1 aliphatic carbocycles. The molecule has 2 rings (SSSR count). The summed E-state index contributed by atoms with van der Waals surface area (Å²) in [6.45, 7) is 3.41. The topological polar surface area (TPSA) is 24.9 Å². The number of aromatic nitrogens is 1. The zero-order chi connectivity index (χ0) is 10.0. The standard InChI is InChI=1S/C11H15BrN2/c1-11(4-2-5-11)8-14-10-3-6-13-7-9(10)12/h3,6-7H,2,4-5,8H2,1H3,(H,13,14). The first-order valence-corrected chi connectivity index (χ1v) is 5.82. The van der Waals surface area contributed by atoms with Crippen LogP contribution in [-0.2, 0) is 0 Å². The molecule has 1 heterocycles. The van der Waals surface area contributed by atoms with Crippen LogP contribution in [0.3, 0.4) is 0 Å². The van der Waals surface area contributed by atoms with E-state index in [1.807, 2.05) is 18.5 Å². The van der Waals surface area contributed by atoms with Gasteiger partial charge < -0.3 is 5.32 Å². The lowest BCUT2D eigenvalue weighted by Crippen LogP contribution is -2.33. The molecule has 14 heavy (non-hydrogen) atoms. The van der Waals surface area contributed by atoms with Gasteiger partial charge in [-0.2, -0.15) is 0 Å². The minimum Gasteiger partial charge on any atom is -0.383 e. The van der Waals surface area contributed by atoms with E-state index in [1.165, 1.54) is 19.3 Å². The van der Waals surface area contributed by atoms with Gasteiger partial charge >= 0.3 is 0 Å². The van der Waals surface area contributed by atoms with Crippen LogP contribution in [0.1, 0.15) is 26.2 Å². The van der Waals surface area contributed by atoms with Gasteiger partial charge in [0.15, 0.2) is 0 Å². The average Bonchev–Trinajstić information content (AvgIpc) is 2.14. The predicted molar refractivity (Wildman–Crippen MR) is 62.4 cm³/mol. The lowest BCUT2D eigenvalue weighted by Gasteiger charge is -2.38. The van der Waals surface area contributed by atoms with E-state index < -0.39 is 0 Å². The van der Waals surface area contributed by atoms with Crippen LogP contribution in [0.2, 0.25) is 0 Å². The fourth-order valence-corrected chi connectivity index (χ4v) is 2.17. The maximum atomic E-state index is 4.04. The summed E-state index contributed by atoms with van der Waals surface area (Å²) in [5.74, 6) is 0. The first-order chi connectivity index (χ1) is 6.70. The van der Waals surface area contributed by atoms with E-state index in [2.05, 4.69) is 33.2 Å². The summed E-state index contributed by atoms with van der Waals surface area (Å²) in [7, 11) is 0. The predicted octanol–water partition coefficient (Wildman–Crippen LogP) is 3.45. The molecule has 2 nitrogen and oxygen atoms in total. The van der Waals surface area contributed by atoms with Crippen LogP contribution in [0, 0.1) is 5.41 Å². The van der Waals surface area contributed by atoms with Crippen molar-refractivity contribution in [1.82, 2.24) is 4.98 Å². The Morgan fingerprint density at radius 1 is 1.57 bits per heavy atom. The lowest BCUT2D eigenvalue weighted by atomic mass is 9.70. The number of nitrogens with zero attached hydrogens (tertiary/aromatic N) is 1. The third kappa shape index (κ3) is 2.08. The summed E-state index contributed by atoms with van der Waals surface area (Å²) in [6, 6.07) is 2.01. The van der Waals surface area contributed by atoms with Crippen LogP contribution in [0.4, 0.5) is 5.69 Å². The van der Waals surface area contributed by atoms with Crippen molar-refractivity contribution in [2.45, 2.75) is 26.2 Å². The zero-order valence-electron chi connectivity index (χ0n) is 8.39. The SMILES string of the molecule is CC1(CNc2ccncc2Br)CCC1. The van der Waals surface area contributed by atoms with Crippen LogP contribution in [0.25, 0.3) is 0 Å². The van der Waals surface area contributed by atoms with Gasteiger partial charge in [0.1, 0.15) is 0 Å². The van der Waals surface area contributed by atoms with Gasteiger partial charge in [-0.05, 0) is 40.3 Å². The number of hydrogen-bond acceptors (Lipinski definition) is 2. The Labute approximate surface area is 93.3 Å². The molecule has 0 bridgehead atoms. The molecule has 1 aromatic heterocycles. The molecule has 76 valence electrons. The van der Waals surface area contributed by atoms with Gasteiger partial charge in [0, 0.05) is 18.9 Å². The molecule has 0 spiro atoms. The maximum absolute atomic E-state index is 4.04. The van der Waals surface area contributed by atoms with Crippen LogP contribution >= 0.6 is 15.9 Å². The van der Waals surface area contributed by atoms with Crippen molar-refractivity contribution in [3.8, 4) is 0 Å². The van der Waals surface area contributed by atoms with E-state index in [9.17, 15) is 0 Å². The molecule has 0 aliphatic heterocycles. The van der Waals surface area contributed by atoms with E-state index in [0.29, 0.717) is 5.41 Å². The quantitative estimate of drug-likeness (QED) is 0.894. The minimum absolute atomic E-state index is 0.517. The van der Waals surface area contributed by atoms with Gasteiger partial charge in [-0.3, -0.25) is 4.98 Å². The fourth-order valence-electron chi connectivity index (χ4n) is 1.78. The summed E-state index contributed by atoms with van der Waals surface area (Å²) < 4.78 is 1.04. The van der Waals surface area contributed by atoms with Crippen LogP contribution < -0.4 is 5.32 Å². The Kier molecular flexibility index (Phi) is 2.77. The number of hydrogen-bond donors (Lipinski definition) is 1. The number of rotatable bonds is 3. The largest absolute Gasteiger partial charge is 0.383 e. The molecule has 1 fully saturated rings. The summed E-state index contributed by atoms with van der Waals surface area (Å²) >= 11 is 3.48. The first kappa shape index (κ1) is 9.97. The van der Waals surface area contributed by atoms with Gasteiger partial charge in [-0.25, -0.2) is 0 Å². The van der Waals surface area contributed by atoms with Crippen molar-refractivity contribution >= 4 is 21.6 Å². The molecule has 1 aliphatic rings. The molecule has 0 radical (unpaired) electrons. The summed E-state index contributed by atoms with van der Waals surface area (Å²) in [4.78, 5) is 4.04. The molecule has 1 aromatic rings. The molecule has 0 atom stereocenters. The van der Waals surface area contributed by atoms with Crippen molar-refractivity contribution in [2.75, 3.05) is 11.9 Å². The van der Waals surface area contributed by atoms with Gasteiger partial charge in [0.2, 0.25) is 0 Å².